The average Bonchev–Trinajstić information content (AvgIpc) is 3.14. The number of phenols is 1. The van der Waals surface area contributed by atoms with Gasteiger partial charge in [-0.25, -0.2) is 0 Å². The minimum Gasteiger partial charge on any atom is -0.505 e. The number of carboxylic acids is 1. The van der Waals surface area contributed by atoms with E-state index in [1.807, 2.05) is 0 Å². The third kappa shape index (κ3) is 9.74. The SMILES string of the molecule is CN(c1ccc2c(O)c(N=Nc3ccc4c(S(=O)(=O)O)cccc4c3S(=O)(=O)O)c(S(=O)(=O)O)cc2c1)c1nc(Cl)nc(Nc2ccc(S(=O)(=O)O)c(NCCC(=O)O)c2)n1. The highest BCUT2D eigenvalue weighted by molar-refractivity contribution is 7.87. The standard InChI is InChI=1S/C33H27ClN8O15S4/c1-42(33-38-31(34)37-32(39-33)36-17-5-10-25(59(49,50)51)23(15-17)35-12-11-27(43)44)18-6-7-19-16(13-18)14-26(60(52,53)54)28(29(19)45)41-40-22-9-8-20-21(30(22)61(55,56)57)3-2-4-24(20)58(46,47)48/h2-10,13-15,35,45H,11-12H2,1H3,(H,43,44)(H,46,47,48)(H,49,50,51)(H,52,53,54)(H,55,56,57)(H,36,37,38,39). The fourth-order valence-corrected chi connectivity index (χ4v) is 8.87. The molecule has 0 amide bonds. The van der Waals surface area contributed by atoms with Gasteiger partial charge < -0.3 is 25.7 Å². The average molecular weight is 939 g/mol. The molecular formula is C33H27ClN8O15S4. The Morgan fingerprint density at radius 3 is 2.05 bits per heavy atom. The number of halogens is 1. The van der Waals surface area contributed by atoms with Crippen molar-refractivity contribution in [3.63, 3.8) is 0 Å². The van der Waals surface area contributed by atoms with Crippen molar-refractivity contribution in [3.8, 4) is 5.75 Å². The second kappa shape index (κ2) is 16.4. The predicted molar refractivity (Wildman–Crippen MR) is 216 cm³/mol. The molecule has 0 aliphatic carbocycles. The summed E-state index contributed by atoms with van der Waals surface area (Å²) in [5.74, 6) is -2.32. The Morgan fingerprint density at radius 2 is 1.41 bits per heavy atom. The zero-order valence-corrected chi connectivity index (χ0v) is 34.4. The first kappa shape index (κ1) is 44.4. The summed E-state index contributed by atoms with van der Waals surface area (Å²) in [5.41, 5.74) is -1.28. The molecule has 0 aliphatic rings. The zero-order valence-electron chi connectivity index (χ0n) is 30.4. The van der Waals surface area contributed by atoms with Gasteiger partial charge in [0, 0.05) is 41.1 Å². The van der Waals surface area contributed by atoms with Crippen molar-refractivity contribution in [1.82, 2.24) is 15.0 Å². The number of aromatic hydroxyl groups is 1. The molecule has 8 N–H and O–H groups in total. The molecular weight excluding hydrogens is 912 g/mol. The Balaban J connectivity index is 1.37. The molecule has 0 aliphatic heterocycles. The lowest BCUT2D eigenvalue weighted by Crippen LogP contribution is -2.15. The number of carboxylic acid groups (broad SMARTS) is 1. The van der Waals surface area contributed by atoms with Crippen molar-refractivity contribution in [2.24, 2.45) is 10.2 Å². The Kier molecular flexibility index (Phi) is 11.9. The van der Waals surface area contributed by atoms with Crippen LogP contribution < -0.4 is 15.5 Å². The molecule has 6 aromatic rings. The van der Waals surface area contributed by atoms with Gasteiger partial charge in [0.25, 0.3) is 40.5 Å². The maximum Gasteiger partial charge on any atom is 0.305 e. The number of nitrogens with zero attached hydrogens (tertiary/aromatic N) is 6. The molecule has 61 heavy (non-hydrogen) atoms. The quantitative estimate of drug-likeness (QED) is 0.0504. The van der Waals surface area contributed by atoms with Crippen LogP contribution in [-0.4, -0.2) is 96.6 Å². The Labute approximate surface area is 349 Å². The Hall–Kier alpha value is -6.17. The maximum atomic E-state index is 12.6. The van der Waals surface area contributed by atoms with Gasteiger partial charge in [-0.2, -0.15) is 48.6 Å². The Bertz CT molecular complexity index is 3300. The molecule has 0 atom stereocenters. The van der Waals surface area contributed by atoms with E-state index in [-0.39, 0.29) is 63.4 Å². The van der Waals surface area contributed by atoms with E-state index in [0.717, 1.165) is 42.5 Å². The summed E-state index contributed by atoms with van der Waals surface area (Å²) in [5, 5.41) is 31.9. The van der Waals surface area contributed by atoms with Crippen LogP contribution in [0.3, 0.4) is 0 Å². The second-order valence-electron chi connectivity index (χ2n) is 12.5. The van der Waals surface area contributed by atoms with E-state index in [1.165, 1.54) is 42.3 Å². The van der Waals surface area contributed by atoms with E-state index in [2.05, 4.69) is 35.8 Å². The van der Waals surface area contributed by atoms with E-state index < -0.39 is 88.5 Å². The van der Waals surface area contributed by atoms with E-state index in [0.29, 0.717) is 0 Å². The first-order valence-electron chi connectivity index (χ1n) is 16.5. The van der Waals surface area contributed by atoms with Gasteiger partial charge in [0.1, 0.15) is 31.0 Å². The number of nitrogens with one attached hydrogen (secondary N) is 2. The smallest absolute Gasteiger partial charge is 0.305 e. The lowest BCUT2D eigenvalue weighted by molar-refractivity contribution is -0.136. The number of azo groups is 1. The minimum absolute atomic E-state index is 0.0177. The highest BCUT2D eigenvalue weighted by Gasteiger charge is 2.26. The molecule has 5 aromatic carbocycles. The highest BCUT2D eigenvalue weighted by Crippen LogP contribution is 2.44. The van der Waals surface area contributed by atoms with Crippen LogP contribution in [0.4, 0.5) is 40.3 Å². The van der Waals surface area contributed by atoms with Crippen molar-refractivity contribution < 1.29 is 66.9 Å². The number of benzene rings is 5. The first-order chi connectivity index (χ1) is 28.3. The van der Waals surface area contributed by atoms with Gasteiger partial charge in [-0.15, -0.1) is 10.2 Å². The van der Waals surface area contributed by atoms with Gasteiger partial charge >= 0.3 is 5.97 Å². The molecule has 1 aromatic heterocycles. The zero-order chi connectivity index (χ0) is 44.8. The minimum atomic E-state index is -5.22. The molecule has 0 saturated heterocycles. The van der Waals surface area contributed by atoms with Crippen LogP contribution >= 0.6 is 11.6 Å². The van der Waals surface area contributed by atoms with Crippen LogP contribution in [-0.2, 0) is 45.3 Å². The number of aliphatic carboxylic acids is 1. The van der Waals surface area contributed by atoms with Gasteiger partial charge in [-0.1, -0.05) is 18.2 Å². The van der Waals surface area contributed by atoms with E-state index >= 15 is 0 Å². The van der Waals surface area contributed by atoms with Crippen molar-refractivity contribution >= 4 is 120 Å². The fraction of sp³-hybridized carbons (Fsp3) is 0.0909. The molecule has 0 fully saturated rings. The van der Waals surface area contributed by atoms with Gasteiger partial charge in [-0.3, -0.25) is 23.0 Å². The third-order valence-electron chi connectivity index (χ3n) is 8.51. The lowest BCUT2D eigenvalue weighted by Gasteiger charge is -2.19. The van der Waals surface area contributed by atoms with Gasteiger partial charge in [0.05, 0.1) is 12.1 Å². The van der Waals surface area contributed by atoms with Gasteiger partial charge in [0.2, 0.25) is 17.2 Å². The number of phenolic OH excluding ortho intramolecular Hbond substituents is 1. The number of rotatable bonds is 14. The summed E-state index contributed by atoms with van der Waals surface area (Å²) in [6.45, 7) is -0.192. The largest absolute Gasteiger partial charge is 0.505 e. The molecule has 6 rings (SSSR count). The Morgan fingerprint density at radius 1 is 0.738 bits per heavy atom. The number of fused-ring (bicyclic) bond motifs is 2. The summed E-state index contributed by atoms with van der Waals surface area (Å²) in [6.07, 6.45) is -0.377. The van der Waals surface area contributed by atoms with E-state index in [1.54, 1.807) is 0 Å². The predicted octanol–water partition coefficient (Wildman–Crippen LogP) is 5.34. The molecule has 0 radical (unpaired) electrons. The fourth-order valence-electron chi connectivity index (χ4n) is 5.87. The molecule has 320 valence electrons. The highest BCUT2D eigenvalue weighted by atomic mass is 35.5. The number of hydrogen-bond acceptors (Lipinski definition) is 18. The van der Waals surface area contributed by atoms with Crippen LogP contribution in [0.25, 0.3) is 21.5 Å². The molecule has 0 bridgehead atoms. The van der Waals surface area contributed by atoms with Crippen molar-refractivity contribution in [2.45, 2.75) is 26.0 Å². The number of anilines is 5. The van der Waals surface area contributed by atoms with Crippen LogP contribution in [0, 0.1) is 0 Å². The van der Waals surface area contributed by atoms with Gasteiger partial charge in [0.15, 0.2) is 5.75 Å². The second-order valence-corrected chi connectivity index (χ2v) is 18.4. The molecule has 1 heterocycles. The van der Waals surface area contributed by atoms with E-state index in [4.69, 9.17) is 16.7 Å². The third-order valence-corrected chi connectivity index (χ3v) is 12.3. The van der Waals surface area contributed by atoms with Crippen molar-refractivity contribution in [3.05, 3.63) is 78.1 Å². The maximum absolute atomic E-state index is 12.6. The van der Waals surface area contributed by atoms with E-state index in [9.17, 15) is 61.8 Å². The van der Waals surface area contributed by atoms with Crippen LogP contribution in [0.15, 0.2) is 103 Å². The normalized spacial score (nSPS) is 12.6. The topological polar surface area (TPSA) is 366 Å². The molecule has 23 nitrogen and oxygen atoms in total. The lowest BCUT2D eigenvalue weighted by atomic mass is 10.1. The van der Waals surface area contributed by atoms with Crippen LogP contribution in [0.2, 0.25) is 5.28 Å². The summed E-state index contributed by atoms with van der Waals surface area (Å²) >= 11 is 6.19. The van der Waals surface area contributed by atoms with Crippen LogP contribution in [0.5, 0.6) is 5.75 Å². The number of hydrogen-bond donors (Lipinski definition) is 8. The molecule has 28 heteroatoms. The first-order valence-corrected chi connectivity index (χ1v) is 22.7. The van der Waals surface area contributed by atoms with Crippen molar-refractivity contribution in [2.75, 3.05) is 29.1 Å². The monoisotopic (exact) mass is 938 g/mol. The number of carbonyl (C=O) groups is 1. The summed E-state index contributed by atoms with van der Waals surface area (Å²) in [4.78, 5) is 21.5. The summed E-state index contributed by atoms with van der Waals surface area (Å²) in [6, 6.07) is 13.6. The molecule has 0 unspecified atom stereocenters. The van der Waals surface area contributed by atoms with Crippen molar-refractivity contribution in [1.29, 1.82) is 0 Å². The van der Waals surface area contributed by atoms with Gasteiger partial charge in [-0.05, 0) is 71.6 Å². The summed E-state index contributed by atoms with van der Waals surface area (Å²) < 4.78 is 137. The van der Waals surface area contributed by atoms with Crippen LogP contribution in [0.1, 0.15) is 6.42 Å². The summed E-state index contributed by atoms with van der Waals surface area (Å²) in [7, 11) is -18.6. The number of aromatic nitrogens is 3. The molecule has 0 saturated carbocycles. The molecule has 0 spiro atoms.